The first-order valence-corrected chi connectivity index (χ1v) is 7.58. The van der Waals surface area contributed by atoms with Crippen LogP contribution in [-0.2, 0) is 12.8 Å². The van der Waals surface area contributed by atoms with Crippen LogP contribution in [0, 0.1) is 5.82 Å². The standard InChI is InChI=1S/C18H23FN2O/c19-16-9-5-4-8-15(16)10-11-21-13-18(22)17(20)12-14-6-2-1-3-7-14/h1-9,17-18,21-22H,10-13,20H2/t17-,18+/m0/s1. The van der Waals surface area contributed by atoms with Gasteiger partial charge in [0.15, 0.2) is 0 Å². The average Bonchev–Trinajstić information content (AvgIpc) is 2.53. The van der Waals surface area contributed by atoms with E-state index in [9.17, 15) is 9.50 Å². The second kappa shape index (κ2) is 8.63. The van der Waals surface area contributed by atoms with Gasteiger partial charge in [-0.05, 0) is 36.6 Å². The molecular formula is C18H23FN2O. The molecule has 0 spiro atoms. The molecule has 0 aliphatic heterocycles. The quantitative estimate of drug-likeness (QED) is 0.653. The zero-order chi connectivity index (χ0) is 15.8. The number of nitrogens with one attached hydrogen (secondary N) is 1. The smallest absolute Gasteiger partial charge is 0.126 e. The Morgan fingerprint density at radius 1 is 1.05 bits per heavy atom. The monoisotopic (exact) mass is 302 g/mol. The van der Waals surface area contributed by atoms with Crippen LogP contribution in [-0.4, -0.2) is 30.3 Å². The molecule has 118 valence electrons. The van der Waals surface area contributed by atoms with Crippen molar-refractivity contribution in [3.8, 4) is 0 Å². The number of halogens is 1. The van der Waals surface area contributed by atoms with Gasteiger partial charge in [-0.3, -0.25) is 0 Å². The SMILES string of the molecule is N[C@@H](Cc1ccccc1)[C@H](O)CNCCc1ccccc1F. The van der Waals surface area contributed by atoms with Crippen LogP contribution < -0.4 is 11.1 Å². The summed E-state index contributed by atoms with van der Waals surface area (Å²) in [6.45, 7) is 1.01. The Hall–Kier alpha value is -1.75. The molecule has 0 aliphatic carbocycles. The largest absolute Gasteiger partial charge is 0.390 e. The normalized spacial score (nSPS) is 13.8. The molecule has 2 atom stereocenters. The third-order valence-corrected chi connectivity index (χ3v) is 3.69. The summed E-state index contributed by atoms with van der Waals surface area (Å²) in [4.78, 5) is 0. The lowest BCUT2D eigenvalue weighted by Gasteiger charge is -2.19. The number of rotatable bonds is 8. The van der Waals surface area contributed by atoms with Crippen LogP contribution >= 0.6 is 0 Å². The van der Waals surface area contributed by atoms with Gasteiger partial charge in [-0.1, -0.05) is 48.5 Å². The van der Waals surface area contributed by atoms with Gasteiger partial charge in [0.2, 0.25) is 0 Å². The minimum atomic E-state index is -0.624. The number of aliphatic hydroxyl groups is 1. The van der Waals surface area contributed by atoms with E-state index in [2.05, 4.69) is 5.32 Å². The number of benzene rings is 2. The average molecular weight is 302 g/mol. The lowest BCUT2D eigenvalue weighted by atomic mass is 10.0. The van der Waals surface area contributed by atoms with E-state index in [0.29, 0.717) is 31.5 Å². The lowest BCUT2D eigenvalue weighted by Crippen LogP contribution is -2.43. The minimum Gasteiger partial charge on any atom is -0.390 e. The molecule has 3 nitrogen and oxygen atoms in total. The maximum Gasteiger partial charge on any atom is 0.126 e. The van der Waals surface area contributed by atoms with Gasteiger partial charge in [-0.25, -0.2) is 4.39 Å². The first-order chi connectivity index (χ1) is 10.7. The summed E-state index contributed by atoms with van der Waals surface area (Å²) in [5, 5.41) is 13.2. The van der Waals surface area contributed by atoms with E-state index in [0.717, 1.165) is 5.56 Å². The summed E-state index contributed by atoms with van der Waals surface area (Å²) in [5.74, 6) is -0.189. The van der Waals surface area contributed by atoms with E-state index < -0.39 is 6.10 Å². The van der Waals surface area contributed by atoms with E-state index in [1.54, 1.807) is 12.1 Å². The summed E-state index contributed by atoms with van der Waals surface area (Å²) in [5.41, 5.74) is 7.81. The van der Waals surface area contributed by atoms with E-state index in [1.807, 2.05) is 36.4 Å². The number of hydrogen-bond donors (Lipinski definition) is 3. The molecule has 22 heavy (non-hydrogen) atoms. The highest BCUT2D eigenvalue weighted by atomic mass is 19.1. The first-order valence-electron chi connectivity index (χ1n) is 7.58. The van der Waals surface area contributed by atoms with Crippen molar-refractivity contribution < 1.29 is 9.50 Å². The van der Waals surface area contributed by atoms with Gasteiger partial charge >= 0.3 is 0 Å². The molecule has 2 aromatic rings. The summed E-state index contributed by atoms with van der Waals surface area (Å²) in [7, 11) is 0. The zero-order valence-corrected chi connectivity index (χ0v) is 12.6. The van der Waals surface area contributed by atoms with Crippen LogP contribution in [0.4, 0.5) is 4.39 Å². The molecule has 4 N–H and O–H groups in total. The van der Waals surface area contributed by atoms with Crippen molar-refractivity contribution in [3.05, 3.63) is 71.5 Å². The lowest BCUT2D eigenvalue weighted by molar-refractivity contribution is 0.142. The van der Waals surface area contributed by atoms with Gasteiger partial charge in [0, 0.05) is 12.6 Å². The highest BCUT2D eigenvalue weighted by Gasteiger charge is 2.14. The third kappa shape index (κ3) is 5.22. The maximum absolute atomic E-state index is 13.4. The maximum atomic E-state index is 13.4. The van der Waals surface area contributed by atoms with Crippen molar-refractivity contribution in [2.24, 2.45) is 5.73 Å². The predicted octanol–water partition coefficient (Wildman–Crippen LogP) is 1.89. The summed E-state index contributed by atoms with van der Waals surface area (Å²) in [6.07, 6.45) is 0.602. The Balaban J connectivity index is 1.69. The van der Waals surface area contributed by atoms with E-state index in [-0.39, 0.29) is 11.9 Å². The number of hydrogen-bond acceptors (Lipinski definition) is 3. The molecule has 0 aliphatic rings. The van der Waals surface area contributed by atoms with Crippen LogP contribution in [0.15, 0.2) is 54.6 Å². The zero-order valence-electron chi connectivity index (χ0n) is 12.6. The van der Waals surface area contributed by atoms with Crippen molar-refractivity contribution in [3.63, 3.8) is 0 Å². The fourth-order valence-corrected chi connectivity index (χ4v) is 2.35. The van der Waals surface area contributed by atoms with Gasteiger partial charge < -0.3 is 16.2 Å². The van der Waals surface area contributed by atoms with E-state index in [1.165, 1.54) is 6.07 Å². The molecule has 0 saturated heterocycles. The summed E-state index contributed by atoms with van der Waals surface area (Å²) < 4.78 is 13.4. The Kier molecular flexibility index (Phi) is 6.52. The fourth-order valence-electron chi connectivity index (χ4n) is 2.35. The van der Waals surface area contributed by atoms with Crippen molar-refractivity contribution in [2.75, 3.05) is 13.1 Å². The molecular weight excluding hydrogens is 279 g/mol. The van der Waals surface area contributed by atoms with Crippen LogP contribution in [0.25, 0.3) is 0 Å². The van der Waals surface area contributed by atoms with Gasteiger partial charge in [0.05, 0.1) is 6.10 Å². The van der Waals surface area contributed by atoms with Crippen LogP contribution in [0.5, 0.6) is 0 Å². The molecule has 0 fully saturated rings. The van der Waals surface area contributed by atoms with Crippen molar-refractivity contribution in [2.45, 2.75) is 25.0 Å². The minimum absolute atomic E-state index is 0.189. The molecule has 0 radical (unpaired) electrons. The van der Waals surface area contributed by atoms with Gasteiger partial charge in [0.1, 0.15) is 5.82 Å². The molecule has 0 heterocycles. The Bertz CT molecular complexity index is 562. The topological polar surface area (TPSA) is 58.3 Å². The highest BCUT2D eigenvalue weighted by molar-refractivity contribution is 5.18. The molecule has 4 heteroatoms. The molecule has 0 amide bonds. The highest BCUT2D eigenvalue weighted by Crippen LogP contribution is 2.07. The summed E-state index contributed by atoms with van der Waals surface area (Å²) in [6, 6.07) is 16.3. The van der Waals surface area contributed by atoms with Crippen LogP contribution in [0.1, 0.15) is 11.1 Å². The number of nitrogens with two attached hydrogens (primary N) is 1. The van der Waals surface area contributed by atoms with Crippen molar-refractivity contribution >= 4 is 0 Å². The molecule has 0 saturated carbocycles. The molecule has 0 bridgehead atoms. The number of aliphatic hydroxyl groups excluding tert-OH is 1. The van der Waals surface area contributed by atoms with Crippen molar-refractivity contribution in [1.29, 1.82) is 0 Å². The van der Waals surface area contributed by atoms with E-state index >= 15 is 0 Å². The molecule has 0 aromatic heterocycles. The van der Waals surface area contributed by atoms with E-state index in [4.69, 9.17) is 5.73 Å². The Morgan fingerprint density at radius 3 is 2.45 bits per heavy atom. The van der Waals surface area contributed by atoms with Crippen LogP contribution in [0.3, 0.4) is 0 Å². The molecule has 2 aromatic carbocycles. The van der Waals surface area contributed by atoms with Gasteiger partial charge in [-0.2, -0.15) is 0 Å². The second-order valence-corrected chi connectivity index (χ2v) is 5.47. The molecule has 2 rings (SSSR count). The second-order valence-electron chi connectivity index (χ2n) is 5.47. The van der Waals surface area contributed by atoms with Crippen molar-refractivity contribution in [1.82, 2.24) is 5.32 Å². The fraction of sp³-hybridized carbons (Fsp3) is 0.333. The Labute approximate surface area is 131 Å². The Morgan fingerprint density at radius 2 is 1.73 bits per heavy atom. The molecule has 0 unspecified atom stereocenters. The first kappa shape index (κ1) is 16.6. The van der Waals surface area contributed by atoms with Crippen LogP contribution in [0.2, 0.25) is 0 Å². The van der Waals surface area contributed by atoms with Gasteiger partial charge in [-0.15, -0.1) is 0 Å². The van der Waals surface area contributed by atoms with Gasteiger partial charge in [0.25, 0.3) is 0 Å². The predicted molar refractivity (Wildman–Crippen MR) is 87.1 cm³/mol. The third-order valence-electron chi connectivity index (χ3n) is 3.69. The summed E-state index contributed by atoms with van der Waals surface area (Å²) >= 11 is 0.